The quantitative estimate of drug-likeness (QED) is 0.854. The van der Waals surface area contributed by atoms with Gasteiger partial charge in [-0.1, -0.05) is 6.07 Å². The fourth-order valence-electron chi connectivity index (χ4n) is 2.61. The van der Waals surface area contributed by atoms with Gasteiger partial charge in [-0.15, -0.1) is 12.4 Å². The third-order valence-corrected chi connectivity index (χ3v) is 4.30. The van der Waals surface area contributed by atoms with E-state index >= 15 is 0 Å². The Labute approximate surface area is 140 Å². The Bertz CT molecular complexity index is 633. The van der Waals surface area contributed by atoms with Gasteiger partial charge in [-0.25, -0.2) is 0 Å². The average Bonchev–Trinajstić information content (AvgIpc) is 3.00. The Balaban J connectivity index is 0.00000176. The number of ether oxygens (including phenoxy) is 1. The molecule has 0 saturated carbocycles. The number of hydrogen-bond acceptors (Lipinski definition) is 4. The zero-order chi connectivity index (χ0) is 14.8. The highest BCUT2D eigenvalue weighted by molar-refractivity contribution is 7.07. The monoisotopic (exact) mass is 338 g/mol. The number of nitrogens with two attached hydrogens (primary N) is 1. The third-order valence-electron chi connectivity index (χ3n) is 3.60. The second-order valence-corrected chi connectivity index (χ2v) is 6.11. The molecule has 3 rings (SSSR count). The number of thiophene rings is 1. The number of benzene rings is 1. The predicted molar refractivity (Wildman–Crippen MR) is 91.6 cm³/mol. The standard InChI is InChI=1S/C16H18N2O2S.ClH/c1-11-8-18(9-15(20-11)13-5-6-21-10-13)16(19)12-3-2-4-14(17)7-12;/h2-7,10-11,15H,8-9,17H2,1H3;1H. The van der Waals surface area contributed by atoms with Crippen LogP contribution in [0.4, 0.5) is 5.69 Å². The van der Waals surface area contributed by atoms with Crippen molar-refractivity contribution in [2.45, 2.75) is 19.1 Å². The zero-order valence-corrected chi connectivity index (χ0v) is 13.9. The van der Waals surface area contributed by atoms with Crippen LogP contribution in [-0.4, -0.2) is 30.0 Å². The van der Waals surface area contributed by atoms with E-state index in [2.05, 4.69) is 11.4 Å². The van der Waals surface area contributed by atoms with Crippen molar-refractivity contribution < 1.29 is 9.53 Å². The van der Waals surface area contributed by atoms with E-state index in [1.807, 2.05) is 23.3 Å². The van der Waals surface area contributed by atoms with Crippen molar-refractivity contribution in [1.29, 1.82) is 0 Å². The molecular formula is C16H19ClN2O2S. The maximum atomic E-state index is 12.6. The van der Waals surface area contributed by atoms with Crippen LogP contribution in [0.5, 0.6) is 0 Å². The summed E-state index contributed by atoms with van der Waals surface area (Å²) in [4.78, 5) is 14.5. The van der Waals surface area contributed by atoms with E-state index in [1.54, 1.807) is 29.5 Å². The van der Waals surface area contributed by atoms with Gasteiger partial charge in [-0.3, -0.25) is 4.79 Å². The van der Waals surface area contributed by atoms with Crippen LogP contribution in [0.1, 0.15) is 28.9 Å². The van der Waals surface area contributed by atoms with Crippen LogP contribution in [0.25, 0.3) is 0 Å². The van der Waals surface area contributed by atoms with Crippen molar-refractivity contribution in [3.63, 3.8) is 0 Å². The fraction of sp³-hybridized carbons (Fsp3) is 0.312. The van der Waals surface area contributed by atoms with Gasteiger partial charge in [0, 0.05) is 17.8 Å². The van der Waals surface area contributed by atoms with E-state index in [4.69, 9.17) is 10.5 Å². The van der Waals surface area contributed by atoms with Gasteiger partial charge < -0.3 is 15.4 Å². The first-order chi connectivity index (χ1) is 10.1. The highest BCUT2D eigenvalue weighted by Gasteiger charge is 2.30. The molecular weight excluding hydrogens is 320 g/mol. The van der Waals surface area contributed by atoms with Crippen LogP contribution >= 0.6 is 23.7 Å². The molecule has 1 aromatic heterocycles. The lowest BCUT2D eigenvalue weighted by molar-refractivity contribution is -0.0690. The second kappa shape index (κ2) is 7.13. The van der Waals surface area contributed by atoms with Crippen LogP contribution in [0, 0.1) is 0 Å². The molecule has 4 nitrogen and oxygen atoms in total. The zero-order valence-electron chi connectivity index (χ0n) is 12.3. The number of anilines is 1. The molecule has 1 amide bonds. The summed E-state index contributed by atoms with van der Waals surface area (Å²) in [6, 6.07) is 9.17. The number of amides is 1. The lowest BCUT2D eigenvalue weighted by Gasteiger charge is -2.36. The molecule has 0 aliphatic carbocycles. The van der Waals surface area contributed by atoms with Gasteiger partial charge in [0.15, 0.2) is 0 Å². The van der Waals surface area contributed by atoms with E-state index in [1.165, 1.54) is 0 Å². The number of rotatable bonds is 2. The SMILES string of the molecule is CC1CN(C(=O)c2cccc(N)c2)CC(c2ccsc2)O1.Cl. The molecule has 22 heavy (non-hydrogen) atoms. The number of morpholine rings is 1. The Morgan fingerprint density at radius 3 is 2.86 bits per heavy atom. The smallest absolute Gasteiger partial charge is 0.254 e. The number of nitrogens with zero attached hydrogens (tertiary/aromatic N) is 1. The van der Waals surface area contributed by atoms with Crippen molar-refractivity contribution in [1.82, 2.24) is 4.90 Å². The first kappa shape index (κ1) is 16.8. The molecule has 2 aromatic rings. The molecule has 0 radical (unpaired) electrons. The van der Waals surface area contributed by atoms with E-state index in [-0.39, 0.29) is 30.5 Å². The number of hydrogen-bond donors (Lipinski definition) is 1. The summed E-state index contributed by atoms with van der Waals surface area (Å²) in [5, 5.41) is 4.11. The van der Waals surface area contributed by atoms with Gasteiger partial charge in [-0.05, 0) is 47.5 Å². The molecule has 1 fully saturated rings. The molecule has 2 N–H and O–H groups in total. The molecule has 1 aliphatic rings. The van der Waals surface area contributed by atoms with Crippen molar-refractivity contribution in [2.75, 3.05) is 18.8 Å². The lowest BCUT2D eigenvalue weighted by Crippen LogP contribution is -2.45. The number of carbonyl (C=O) groups is 1. The van der Waals surface area contributed by atoms with E-state index in [9.17, 15) is 4.79 Å². The summed E-state index contributed by atoms with van der Waals surface area (Å²) in [6.45, 7) is 3.18. The van der Waals surface area contributed by atoms with Crippen molar-refractivity contribution in [3.05, 3.63) is 52.2 Å². The van der Waals surface area contributed by atoms with Gasteiger partial charge >= 0.3 is 0 Å². The summed E-state index contributed by atoms with van der Waals surface area (Å²) in [7, 11) is 0. The molecule has 0 bridgehead atoms. The molecule has 1 aromatic carbocycles. The normalized spacial score (nSPS) is 21.2. The average molecular weight is 339 g/mol. The molecule has 0 spiro atoms. The van der Waals surface area contributed by atoms with Crippen LogP contribution in [0.15, 0.2) is 41.1 Å². The largest absolute Gasteiger partial charge is 0.399 e. The summed E-state index contributed by atoms with van der Waals surface area (Å²) in [5.41, 5.74) is 8.14. The minimum Gasteiger partial charge on any atom is -0.399 e. The lowest BCUT2D eigenvalue weighted by atomic mass is 10.1. The summed E-state index contributed by atoms with van der Waals surface area (Å²) in [5.74, 6) is 0.0117. The van der Waals surface area contributed by atoms with Crippen LogP contribution in [0.3, 0.4) is 0 Å². The van der Waals surface area contributed by atoms with Crippen molar-refractivity contribution >= 4 is 35.3 Å². The van der Waals surface area contributed by atoms with Crippen LogP contribution in [-0.2, 0) is 4.74 Å². The molecule has 2 heterocycles. The summed E-state index contributed by atoms with van der Waals surface area (Å²) in [6.07, 6.45) is -0.0290. The van der Waals surface area contributed by atoms with Crippen LogP contribution < -0.4 is 5.73 Å². The highest BCUT2D eigenvalue weighted by Crippen LogP contribution is 2.27. The van der Waals surface area contributed by atoms with Crippen molar-refractivity contribution in [2.24, 2.45) is 0 Å². The van der Waals surface area contributed by atoms with Gasteiger partial charge in [-0.2, -0.15) is 11.3 Å². The Morgan fingerprint density at radius 2 is 2.18 bits per heavy atom. The van der Waals surface area contributed by atoms with Gasteiger partial charge in [0.05, 0.1) is 12.6 Å². The third kappa shape index (κ3) is 3.61. The predicted octanol–water partition coefficient (Wildman–Crippen LogP) is 3.35. The van der Waals surface area contributed by atoms with Crippen LogP contribution in [0.2, 0.25) is 0 Å². The summed E-state index contributed by atoms with van der Waals surface area (Å²) < 4.78 is 5.96. The molecule has 1 aliphatic heterocycles. The Hall–Kier alpha value is -1.56. The van der Waals surface area contributed by atoms with E-state index in [0.29, 0.717) is 24.3 Å². The number of carbonyl (C=O) groups excluding carboxylic acids is 1. The Morgan fingerprint density at radius 1 is 1.36 bits per heavy atom. The minimum atomic E-state index is -0.0509. The first-order valence-electron chi connectivity index (χ1n) is 6.96. The maximum absolute atomic E-state index is 12.6. The second-order valence-electron chi connectivity index (χ2n) is 5.33. The topological polar surface area (TPSA) is 55.6 Å². The fourth-order valence-corrected chi connectivity index (χ4v) is 3.32. The molecule has 118 valence electrons. The van der Waals surface area contributed by atoms with Crippen molar-refractivity contribution in [3.8, 4) is 0 Å². The molecule has 2 atom stereocenters. The molecule has 1 saturated heterocycles. The first-order valence-corrected chi connectivity index (χ1v) is 7.90. The maximum Gasteiger partial charge on any atom is 0.254 e. The Kier molecular flexibility index (Phi) is 5.45. The molecule has 2 unspecified atom stereocenters. The van der Waals surface area contributed by atoms with Gasteiger partial charge in [0.2, 0.25) is 0 Å². The highest BCUT2D eigenvalue weighted by atomic mass is 35.5. The van der Waals surface area contributed by atoms with Gasteiger partial charge in [0.25, 0.3) is 5.91 Å². The summed E-state index contributed by atoms with van der Waals surface area (Å²) >= 11 is 1.64. The van der Waals surface area contributed by atoms with E-state index < -0.39 is 0 Å². The minimum absolute atomic E-state index is 0. The molecule has 6 heteroatoms. The van der Waals surface area contributed by atoms with E-state index in [0.717, 1.165) is 5.56 Å². The number of halogens is 1. The van der Waals surface area contributed by atoms with Gasteiger partial charge in [0.1, 0.15) is 6.10 Å². The number of nitrogen functional groups attached to an aromatic ring is 1.